The highest BCUT2D eigenvalue weighted by atomic mass is 16.1. The number of fused-ring (bicyclic) bond motifs is 1. The van der Waals surface area contributed by atoms with Gasteiger partial charge >= 0.3 is 0 Å². The number of carbonyl (C=O) groups is 1. The van der Waals surface area contributed by atoms with Gasteiger partial charge in [-0.1, -0.05) is 6.92 Å². The fourth-order valence-electron chi connectivity index (χ4n) is 2.77. The normalized spacial score (nSPS) is 23.9. The second-order valence-electron chi connectivity index (χ2n) is 5.47. The maximum atomic E-state index is 12.3. The van der Waals surface area contributed by atoms with Crippen LogP contribution < -0.4 is 10.3 Å². The molecule has 3 N–H and O–H groups in total. The lowest BCUT2D eigenvalue weighted by molar-refractivity contribution is -0.344. The molecule has 1 aliphatic rings. The Balaban J connectivity index is 1.76. The van der Waals surface area contributed by atoms with E-state index in [1.807, 2.05) is 18.2 Å². The van der Waals surface area contributed by atoms with Crippen LogP contribution in [0.5, 0.6) is 0 Å². The number of nitrogens with one attached hydrogen (secondary N) is 3. The van der Waals surface area contributed by atoms with Gasteiger partial charge in [0.15, 0.2) is 11.0 Å². The van der Waals surface area contributed by atoms with Crippen LogP contribution in [0.2, 0.25) is 0 Å². The number of nitrogens with zero attached hydrogens (tertiary/aromatic N) is 1. The van der Waals surface area contributed by atoms with Crippen LogP contribution in [0.15, 0.2) is 24.5 Å². The zero-order valence-electron chi connectivity index (χ0n) is 11.2. The lowest BCUT2D eigenvalue weighted by Crippen LogP contribution is -2.39. The van der Waals surface area contributed by atoms with Gasteiger partial charge in [-0.2, -0.15) is 0 Å². The number of imidazole rings is 1. The summed E-state index contributed by atoms with van der Waals surface area (Å²) in [6, 6.07) is 5.89. The van der Waals surface area contributed by atoms with E-state index in [2.05, 4.69) is 34.2 Å². The largest absolute Gasteiger partial charge is 0.348 e. The highest BCUT2D eigenvalue weighted by Gasteiger charge is 2.28. The molecule has 2 aromatic rings. The first kappa shape index (κ1) is 12.2. The molecule has 2 atom stereocenters. The number of rotatable bonds is 2. The SMILES string of the molecule is CC1CN(C)CC1NC(=O)c1ccc2[nH+]c[nH]c2c1. The Morgan fingerprint density at radius 2 is 2.32 bits per heavy atom. The summed E-state index contributed by atoms with van der Waals surface area (Å²) in [5.74, 6) is 0.500. The third kappa shape index (κ3) is 2.33. The minimum atomic E-state index is 0.00338. The lowest BCUT2D eigenvalue weighted by Gasteiger charge is -2.16. The van der Waals surface area contributed by atoms with Crippen molar-refractivity contribution in [2.45, 2.75) is 13.0 Å². The molecule has 2 heterocycles. The Bertz CT molecular complexity index is 606. The van der Waals surface area contributed by atoms with E-state index in [-0.39, 0.29) is 11.9 Å². The molecule has 1 aliphatic heterocycles. The summed E-state index contributed by atoms with van der Waals surface area (Å²) in [6.07, 6.45) is 1.76. The van der Waals surface area contributed by atoms with E-state index in [1.54, 1.807) is 6.33 Å². The number of hydrogen-bond donors (Lipinski definition) is 2. The topological polar surface area (TPSA) is 62.3 Å². The van der Waals surface area contributed by atoms with Crippen molar-refractivity contribution >= 4 is 16.9 Å². The van der Waals surface area contributed by atoms with Crippen LogP contribution in [-0.2, 0) is 0 Å². The number of H-pyrrole nitrogens is 2. The quantitative estimate of drug-likeness (QED) is 0.832. The summed E-state index contributed by atoms with van der Waals surface area (Å²) in [5, 5.41) is 3.13. The summed E-state index contributed by atoms with van der Waals surface area (Å²) in [4.78, 5) is 20.7. The van der Waals surface area contributed by atoms with E-state index in [1.165, 1.54) is 0 Å². The lowest BCUT2D eigenvalue weighted by atomic mass is 10.1. The number of likely N-dealkylation sites (tertiary alicyclic amines) is 1. The van der Waals surface area contributed by atoms with Gasteiger partial charge in [0.2, 0.25) is 6.33 Å². The first-order valence-electron chi connectivity index (χ1n) is 6.62. The third-order valence-electron chi connectivity index (χ3n) is 3.85. The molecule has 3 rings (SSSR count). The molecule has 5 nitrogen and oxygen atoms in total. The molecule has 1 aromatic heterocycles. The van der Waals surface area contributed by atoms with Gasteiger partial charge in [-0.05, 0) is 25.1 Å². The van der Waals surface area contributed by atoms with Crippen molar-refractivity contribution in [1.82, 2.24) is 15.2 Å². The predicted molar refractivity (Wildman–Crippen MR) is 72.8 cm³/mol. The molecular formula is C14H19N4O+. The van der Waals surface area contributed by atoms with Crippen LogP contribution in [0, 0.1) is 5.92 Å². The van der Waals surface area contributed by atoms with Crippen LogP contribution in [0.3, 0.4) is 0 Å². The molecule has 19 heavy (non-hydrogen) atoms. The number of aromatic nitrogens is 2. The van der Waals surface area contributed by atoms with E-state index in [0.29, 0.717) is 11.5 Å². The van der Waals surface area contributed by atoms with E-state index in [4.69, 9.17) is 0 Å². The zero-order valence-corrected chi connectivity index (χ0v) is 11.2. The second-order valence-corrected chi connectivity index (χ2v) is 5.47. The van der Waals surface area contributed by atoms with Crippen molar-refractivity contribution < 1.29 is 9.78 Å². The maximum Gasteiger partial charge on any atom is 0.251 e. The molecule has 0 spiro atoms. The highest BCUT2D eigenvalue weighted by Crippen LogP contribution is 2.16. The number of hydrogen-bond acceptors (Lipinski definition) is 2. The predicted octanol–water partition coefficient (Wildman–Crippen LogP) is 0.662. The van der Waals surface area contributed by atoms with Gasteiger partial charge in [0.05, 0.1) is 0 Å². The van der Waals surface area contributed by atoms with Crippen LogP contribution in [0.4, 0.5) is 0 Å². The summed E-state index contributed by atoms with van der Waals surface area (Å²) < 4.78 is 0. The molecule has 1 fully saturated rings. The molecule has 0 saturated carbocycles. The van der Waals surface area contributed by atoms with Gasteiger partial charge in [-0.25, -0.2) is 9.97 Å². The molecule has 0 aliphatic carbocycles. The number of aromatic amines is 2. The fraction of sp³-hybridized carbons (Fsp3) is 0.429. The molecule has 1 aromatic carbocycles. The Labute approximate surface area is 112 Å². The van der Waals surface area contributed by atoms with Crippen LogP contribution >= 0.6 is 0 Å². The molecule has 5 heteroatoms. The molecule has 0 bridgehead atoms. The molecule has 1 saturated heterocycles. The highest BCUT2D eigenvalue weighted by molar-refractivity contribution is 5.97. The van der Waals surface area contributed by atoms with Gasteiger partial charge in [0.1, 0.15) is 0 Å². The van der Waals surface area contributed by atoms with Crippen molar-refractivity contribution in [2.24, 2.45) is 5.92 Å². The molecule has 2 unspecified atom stereocenters. The van der Waals surface area contributed by atoms with Crippen LogP contribution in [0.25, 0.3) is 11.0 Å². The van der Waals surface area contributed by atoms with E-state index in [0.717, 1.165) is 24.1 Å². The summed E-state index contributed by atoms with van der Waals surface area (Å²) in [6.45, 7) is 4.14. The van der Waals surface area contributed by atoms with Gasteiger partial charge in [-0.3, -0.25) is 4.79 Å². The Kier molecular flexibility index (Phi) is 2.98. The molecule has 1 amide bonds. The van der Waals surface area contributed by atoms with Gasteiger partial charge in [-0.15, -0.1) is 0 Å². The average molecular weight is 259 g/mol. The smallest absolute Gasteiger partial charge is 0.251 e. The summed E-state index contributed by atoms with van der Waals surface area (Å²) in [5.41, 5.74) is 2.65. The van der Waals surface area contributed by atoms with E-state index >= 15 is 0 Å². The van der Waals surface area contributed by atoms with Gasteiger partial charge in [0.25, 0.3) is 5.91 Å². The third-order valence-corrected chi connectivity index (χ3v) is 3.85. The Morgan fingerprint density at radius 1 is 1.47 bits per heavy atom. The van der Waals surface area contributed by atoms with Crippen molar-refractivity contribution in [2.75, 3.05) is 20.1 Å². The van der Waals surface area contributed by atoms with Crippen molar-refractivity contribution in [1.29, 1.82) is 0 Å². The first-order chi connectivity index (χ1) is 9.13. The second kappa shape index (κ2) is 4.66. The standard InChI is InChI=1S/C14H18N4O/c1-9-6-18(2)7-13(9)17-14(19)10-3-4-11-12(5-10)16-8-15-11/h3-5,8-9,13H,6-7H2,1-2H3,(H,15,16)(H,17,19)/p+1. The maximum absolute atomic E-state index is 12.3. The summed E-state index contributed by atoms with van der Waals surface area (Å²) >= 11 is 0. The number of likely N-dealkylation sites (N-methyl/N-ethyl adjacent to an activating group) is 1. The van der Waals surface area contributed by atoms with Gasteiger partial charge in [0, 0.05) is 30.8 Å². The number of benzene rings is 1. The van der Waals surface area contributed by atoms with Gasteiger partial charge < -0.3 is 10.2 Å². The minimum Gasteiger partial charge on any atom is -0.348 e. The fourth-order valence-corrected chi connectivity index (χ4v) is 2.77. The van der Waals surface area contributed by atoms with Crippen molar-refractivity contribution in [3.8, 4) is 0 Å². The van der Waals surface area contributed by atoms with E-state index in [9.17, 15) is 4.79 Å². The summed E-state index contributed by atoms with van der Waals surface area (Å²) in [7, 11) is 2.09. The van der Waals surface area contributed by atoms with Crippen molar-refractivity contribution in [3.63, 3.8) is 0 Å². The van der Waals surface area contributed by atoms with Crippen LogP contribution in [-0.4, -0.2) is 42.0 Å². The van der Waals surface area contributed by atoms with E-state index < -0.39 is 0 Å². The molecular weight excluding hydrogens is 240 g/mol. The Hall–Kier alpha value is -1.88. The van der Waals surface area contributed by atoms with Crippen LogP contribution in [0.1, 0.15) is 17.3 Å². The number of amides is 1. The Morgan fingerprint density at radius 3 is 3.05 bits per heavy atom. The molecule has 100 valence electrons. The first-order valence-corrected chi connectivity index (χ1v) is 6.62. The zero-order chi connectivity index (χ0) is 13.4. The average Bonchev–Trinajstić information content (AvgIpc) is 2.95. The van der Waals surface area contributed by atoms with Crippen molar-refractivity contribution in [3.05, 3.63) is 30.1 Å². The minimum absolute atomic E-state index is 0.00338. The number of carbonyl (C=O) groups excluding carboxylic acids is 1. The monoisotopic (exact) mass is 259 g/mol. The molecule has 0 radical (unpaired) electrons.